The van der Waals surface area contributed by atoms with Crippen molar-refractivity contribution in [2.24, 2.45) is 0 Å². The van der Waals surface area contributed by atoms with E-state index in [1.807, 2.05) is 24.3 Å². The van der Waals surface area contributed by atoms with Gasteiger partial charge in [0.1, 0.15) is 5.75 Å². The molecule has 0 fully saturated rings. The van der Waals surface area contributed by atoms with E-state index in [0.29, 0.717) is 6.54 Å². The van der Waals surface area contributed by atoms with E-state index in [1.165, 1.54) is 0 Å². The van der Waals surface area contributed by atoms with E-state index < -0.39 is 0 Å². The van der Waals surface area contributed by atoms with E-state index in [9.17, 15) is 4.79 Å². The van der Waals surface area contributed by atoms with Gasteiger partial charge in [-0.05, 0) is 29.3 Å². The molecule has 0 spiro atoms. The molecule has 7 heteroatoms. The fourth-order valence-electron chi connectivity index (χ4n) is 1.34. The molecule has 2 aromatic rings. The third-order valence-electron chi connectivity index (χ3n) is 2.18. The van der Waals surface area contributed by atoms with Gasteiger partial charge in [-0.25, -0.2) is 0 Å². The smallest absolute Gasteiger partial charge is 0.282 e. The summed E-state index contributed by atoms with van der Waals surface area (Å²) in [5.74, 6) is 0.461. The van der Waals surface area contributed by atoms with Crippen molar-refractivity contribution in [1.82, 2.24) is 15.5 Å². The van der Waals surface area contributed by atoms with Gasteiger partial charge in [0.25, 0.3) is 5.91 Å². The normalized spacial score (nSPS) is 10.1. The Bertz CT molecular complexity index is 559. The lowest BCUT2D eigenvalue weighted by molar-refractivity contribution is 0.0950. The van der Waals surface area contributed by atoms with E-state index >= 15 is 0 Å². The van der Waals surface area contributed by atoms with Crippen LogP contribution < -0.4 is 10.1 Å². The van der Waals surface area contributed by atoms with Crippen LogP contribution in [0.15, 0.2) is 24.3 Å². The molecule has 1 aromatic carbocycles. The number of rotatable bonds is 4. The largest absolute Gasteiger partial charge is 0.497 e. The van der Waals surface area contributed by atoms with Gasteiger partial charge in [-0.3, -0.25) is 4.79 Å². The minimum Gasteiger partial charge on any atom is -0.497 e. The number of benzene rings is 1. The zero-order valence-electron chi connectivity index (χ0n) is 9.51. The topological polar surface area (TPSA) is 64.1 Å². The quantitative estimate of drug-likeness (QED) is 0.934. The van der Waals surface area contributed by atoms with Crippen LogP contribution in [0.4, 0.5) is 0 Å². The summed E-state index contributed by atoms with van der Waals surface area (Å²) < 4.78 is 5.35. The zero-order chi connectivity index (χ0) is 13.0. The number of hydrogen-bond acceptors (Lipinski definition) is 5. The molecule has 0 bridgehead atoms. The Balaban J connectivity index is 1.97. The van der Waals surface area contributed by atoms with Gasteiger partial charge in [0.2, 0.25) is 9.47 Å². The Kier molecular flexibility index (Phi) is 4.11. The average Bonchev–Trinajstić information content (AvgIpc) is 2.83. The van der Waals surface area contributed by atoms with Crippen molar-refractivity contribution in [2.75, 3.05) is 7.11 Å². The first-order valence-corrected chi connectivity index (χ1v) is 6.28. The number of aromatic nitrogens is 2. The summed E-state index contributed by atoms with van der Waals surface area (Å²) in [4.78, 5) is 11.7. The van der Waals surface area contributed by atoms with Crippen molar-refractivity contribution in [3.05, 3.63) is 39.3 Å². The van der Waals surface area contributed by atoms with E-state index in [4.69, 9.17) is 16.3 Å². The van der Waals surface area contributed by atoms with Crippen LogP contribution in [0.2, 0.25) is 4.47 Å². The molecule has 0 aliphatic carbocycles. The number of ether oxygens (including phenoxy) is 1. The fraction of sp³-hybridized carbons (Fsp3) is 0.182. The number of amides is 1. The van der Waals surface area contributed by atoms with Gasteiger partial charge in [0, 0.05) is 6.54 Å². The highest BCUT2D eigenvalue weighted by atomic mass is 35.5. The second-order valence-corrected chi connectivity index (χ2v) is 4.95. The van der Waals surface area contributed by atoms with Gasteiger partial charge in [-0.2, -0.15) is 0 Å². The van der Waals surface area contributed by atoms with Crippen molar-refractivity contribution < 1.29 is 9.53 Å². The number of carbonyl (C=O) groups excluding carboxylic acids is 1. The van der Waals surface area contributed by atoms with E-state index in [1.54, 1.807) is 7.11 Å². The summed E-state index contributed by atoms with van der Waals surface area (Å²) in [5.41, 5.74) is 0.943. The molecule has 1 N–H and O–H groups in total. The lowest BCUT2D eigenvalue weighted by Gasteiger charge is -2.05. The molecule has 1 heterocycles. The molecular weight excluding hydrogens is 274 g/mol. The van der Waals surface area contributed by atoms with Crippen LogP contribution in [0.5, 0.6) is 5.75 Å². The lowest BCUT2D eigenvalue weighted by Crippen LogP contribution is -2.22. The highest BCUT2D eigenvalue weighted by Gasteiger charge is 2.11. The fourth-order valence-corrected chi connectivity index (χ4v) is 2.08. The van der Waals surface area contributed by atoms with Crippen molar-refractivity contribution in [3.8, 4) is 5.75 Å². The predicted octanol–water partition coefficient (Wildman–Crippen LogP) is 2.13. The molecule has 0 aliphatic rings. The van der Waals surface area contributed by atoms with E-state index in [-0.39, 0.29) is 15.4 Å². The van der Waals surface area contributed by atoms with Gasteiger partial charge < -0.3 is 10.1 Å². The molecule has 2 rings (SSSR count). The Morgan fingerprint density at radius 2 is 2.33 bits per heavy atom. The summed E-state index contributed by atoms with van der Waals surface area (Å²) in [7, 11) is 1.60. The Hall–Kier alpha value is -1.66. The first-order valence-electron chi connectivity index (χ1n) is 5.09. The average molecular weight is 284 g/mol. The molecular formula is C11H10ClN3O2S. The molecule has 1 amide bonds. The van der Waals surface area contributed by atoms with Crippen molar-refractivity contribution in [1.29, 1.82) is 0 Å². The molecule has 0 aliphatic heterocycles. The van der Waals surface area contributed by atoms with Gasteiger partial charge in [-0.15, -0.1) is 10.2 Å². The third-order valence-corrected chi connectivity index (χ3v) is 3.20. The second kappa shape index (κ2) is 5.79. The maximum atomic E-state index is 11.7. The number of nitrogens with one attached hydrogen (secondary N) is 1. The minimum absolute atomic E-state index is 0.251. The Morgan fingerprint density at radius 3 is 3.00 bits per heavy atom. The molecule has 0 saturated heterocycles. The molecule has 18 heavy (non-hydrogen) atoms. The molecule has 0 radical (unpaired) electrons. The highest BCUT2D eigenvalue weighted by molar-refractivity contribution is 7.17. The maximum Gasteiger partial charge on any atom is 0.282 e. The van der Waals surface area contributed by atoms with E-state index in [2.05, 4.69) is 15.5 Å². The van der Waals surface area contributed by atoms with Gasteiger partial charge in [0.05, 0.1) is 7.11 Å². The van der Waals surface area contributed by atoms with E-state index in [0.717, 1.165) is 22.6 Å². The number of hydrogen-bond donors (Lipinski definition) is 1. The third kappa shape index (κ3) is 3.18. The molecule has 5 nitrogen and oxygen atoms in total. The summed E-state index contributed by atoms with van der Waals surface area (Å²) in [6, 6.07) is 7.46. The van der Waals surface area contributed by atoms with Crippen LogP contribution in [0.25, 0.3) is 0 Å². The molecule has 0 unspecified atom stereocenters. The Morgan fingerprint density at radius 1 is 1.50 bits per heavy atom. The number of carbonyl (C=O) groups is 1. The Labute approximate surface area is 113 Å². The summed E-state index contributed by atoms with van der Waals surface area (Å²) in [6.45, 7) is 0.396. The first kappa shape index (κ1) is 12.8. The summed E-state index contributed by atoms with van der Waals surface area (Å²) in [6.07, 6.45) is 0. The summed E-state index contributed by atoms with van der Waals surface area (Å²) in [5, 5.41) is 10.2. The SMILES string of the molecule is COc1cccc(CNC(=O)c2nnc(Cl)s2)c1. The van der Waals surface area contributed by atoms with Crippen LogP contribution in [0.1, 0.15) is 15.4 Å². The number of nitrogens with zero attached hydrogens (tertiary/aromatic N) is 2. The summed E-state index contributed by atoms with van der Waals surface area (Å²) >= 11 is 6.65. The molecule has 0 atom stereocenters. The predicted molar refractivity (Wildman–Crippen MR) is 69.1 cm³/mol. The molecule has 1 aromatic heterocycles. The number of methoxy groups -OCH3 is 1. The van der Waals surface area contributed by atoms with Gasteiger partial charge in [0.15, 0.2) is 0 Å². The standard InChI is InChI=1S/C11H10ClN3O2S/c1-17-8-4-2-3-7(5-8)6-13-9(16)10-14-15-11(12)18-10/h2-5H,6H2,1H3,(H,13,16). The molecule has 94 valence electrons. The minimum atomic E-state index is -0.290. The second-order valence-electron chi connectivity index (χ2n) is 3.39. The van der Waals surface area contributed by atoms with Crippen LogP contribution >= 0.6 is 22.9 Å². The first-order chi connectivity index (χ1) is 8.69. The molecule has 0 saturated carbocycles. The van der Waals surface area contributed by atoms with Crippen molar-refractivity contribution in [2.45, 2.75) is 6.54 Å². The van der Waals surface area contributed by atoms with Gasteiger partial charge >= 0.3 is 0 Å². The maximum absolute atomic E-state index is 11.7. The monoisotopic (exact) mass is 283 g/mol. The van der Waals surface area contributed by atoms with Crippen molar-refractivity contribution >= 4 is 28.8 Å². The van der Waals surface area contributed by atoms with Crippen molar-refractivity contribution in [3.63, 3.8) is 0 Å². The van der Waals surface area contributed by atoms with Crippen LogP contribution in [-0.2, 0) is 6.54 Å². The van der Waals surface area contributed by atoms with Crippen LogP contribution in [0, 0.1) is 0 Å². The lowest BCUT2D eigenvalue weighted by atomic mass is 10.2. The van der Waals surface area contributed by atoms with Crippen LogP contribution in [-0.4, -0.2) is 23.2 Å². The highest BCUT2D eigenvalue weighted by Crippen LogP contribution is 2.15. The van der Waals surface area contributed by atoms with Crippen LogP contribution in [0.3, 0.4) is 0 Å². The number of halogens is 1. The zero-order valence-corrected chi connectivity index (χ0v) is 11.1. The van der Waals surface area contributed by atoms with Gasteiger partial charge in [-0.1, -0.05) is 23.5 Å².